The number of Topliss-reactive ketones (excluding diaryl/α,β-unsaturated/α-hetero) is 1. The first kappa shape index (κ1) is 22.7. The minimum absolute atomic E-state index is 0.0677. The molecule has 0 atom stereocenters. The predicted molar refractivity (Wildman–Crippen MR) is 124 cm³/mol. The molecule has 174 valence electrons. The maximum Gasteiger partial charge on any atom is 0.246 e. The molecule has 33 heavy (non-hydrogen) atoms. The Bertz CT molecular complexity index is 1070. The van der Waals surface area contributed by atoms with Gasteiger partial charge in [-0.1, -0.05) is 6.07 Å². The molecule has 0 bridgehead atoms. The van der Waals surface area contributed by atoms with Crippen molar-refractivity contribution in [3.63, 3.8) is 0 Å². The maximum absolute atomic E-state index is 12.8. The summed E-state index contributed by atoms with van der Waals surface area (Å²) in [6, 6.07) is 10.8. The third-order valence-corrected chi connectivity index (χ3v) is 6.19. The summed E-state index contributed by atoms with van der Waals surface area (Å²) in [5.74, 6) is 2.52. The number of benzene rings is 2. The summed E-state index contributed by atoms with van der Waals surface area (Å²) in [5, 5.41) is 0. The van der Waals surface area contributed by atoms with E-state index in [4.69, 9.17) is 18.9 Å². The average Bonchev–Trinajstić information content (AvgIpc) is 2.83. The summed E-state index contributed by atoms with van der Waals surface area (Å²) in [7, 11) is 3.18. The highest BCUT2D eigenvalue weighted by molar-refractivity contribution is 6.00. The lowest BCUT2D eigenvalue weighted by molar-refractivity contribution is -0.129. The molecule has 2 aliphatic rings. The molecule has 0 N–H and O–H groups in total. The van der Waals surface area contributed by atoms with Crippen LogP contribution in [-0.4, -0.2) is 56.1 Å². The zero-order valence-corrected chi connectivity index (χ0v) is 19.3. The van der Waals surface area contributed by atoms with Gasteiger partial charge in [-0.3, -0.25) is 9.59 Å². The van der Waals surface area contributed by atoms with Crippen molar-refractivity contribution in [2.75, 3.05) is 33.9 Å². The highest BCUT2D eigenvalue weighted by Crippen LogP contribution is 2.40. The molecule has 2 aromatic rings. The monoisotopic (exact) mass is 451 g/mol. The molecule has 7 heteroatoms. The fourth-order valence-electron chi connectivity index (χ4n) is 4.35. The summed E-state index contributed by atoms with van der Waals surface area (Å²) >= 11 is 0. The van der Waals surface area contributed by atoms with Gasteiger partial charge in [-0.15, -0.1) is 0 Å². The summed E-state index contributed by atoms with van der Waals surface area (Å²) in [5.41, 5.74) is 0.872. The van der Waals surface area contributed by atoms with Crippen molar-refractivity contribution in [2.45, 2.75) is 31.8 Å². The van der Waals surface area contributed by atoms with E-state index >= 15 is 0 Å². The Balaban J connectivity index is 1.40. The van der Waals surface area contributed by atoms with Crippen LogP contribution in [-0.2, 0) is 4.79 Å². The number of likely N-dealkylation sites (tertiary alicyclic amines) is 1. The number of ketones is 1. The molecule has 1 spiro atoms. The number of hydrogen-bond donors (Lipinski definition) is 0. The largest absolute Gasteiger partial charge is 0.497 e. The van der Waals surface area contributed by atoms with Crippen LogP contribution in [0.2, 0.25) is 0 Å². The van der Waals surface area contributed by atoms with Gasteiger partial charge in [0, 0.05) is 38.1 Å². The number of carbonyl (C=O) groups excluding carboxylic acids is 2. The van der Waals surface area contributed by atoms with Crippen molar-refractivity contribution in [3.8, 4) is 23.0 Å². The number of methoxy groups -OCH3 is 2. The molecule has 0 aliphatic carbocycles. The van der Waals surface area contributed by atoms with Crippen LogP contribution in [0.5, 0.6) is 23.0 Å². The number of amides is 1. The van der Waals surface area contributed by atoms with Crippen LogP contribution in [0.1, 0.15) is 42.1 Å². The molecule has 1 amide bonds. The van der Waals surface area contributed by atoms with E-state index in [9.17, 15) is 9.59 Å². The minimum Gasteiger partial charge on any atom is -0.497 e. The molecule has 4 rings (SSSR count). The SMILES string of the molecule is CCOc1ccc(/C=C/C(=O)N2CCC3(CC2)CC(=O)c2ccc(OC)cc2O3)cc1OC. The molecule has 0 unspecified atom stereocenters. The molecule has 2 heterocycles. The summed E-state index contributed by atoms with van der Waals surface area (Å²) in [4.78, 5) is 27.3. The molecular weight excluding hydrogens is 422 g/mol. The zero-order valence-electron chi connectivity index (χ0n) is 19.3. The highest BCUT2D eigenvalue weighted by Gasteiger charge is 2.43. The van der Waals surface area contributed by atoms with Gasteiger partial charge >= 0.3 is 0 Å². The number of carbonyl (C=O) groups is 2. The lowest BCUT2D eigenvalue weighted by Crippen LogP contribution is -2.52. The molecule has 1 fully saturated rings. The molecule has 7 nitrogen and oxygen atoms in total. The lowest BCUT2D eigenvalue weighted by Gasteiger charge is -2.43. The second-order valence-electron chi connectivity index (χ2n) is 8.25. The van der Waals surface area contributed by atoms with Gasteiger partial charge in [-0.2, -0.15) is 0 Å². The Morgan fingerprint density at radius 1 is 1.09 bits per heavy atom. The Morgan fingerprint density at radius 2 is 1.88 bits per heavy atom. The van der Waals surface area contributed by atoms with Crippen LogP contribution in [0.25, 0.3) is 6.08 Å². The molecule has 0 aromatic heterocycles. The number of fused-ring (bicyclic) bond motifs is 1. The smallest absolute Gasteiger partial charge is 0.246 e. The molecule has 0 radical (unpaired) electrons. The molecule has 0 saturated carbocycles. The molecule has 1 saturated heterocycles. The molecular formula is C26H29NO6. The summed E-state index contributed by atoms with van der Waals surface area (Å²) in [6.45, 7) is 3.53. The second kappa shape index (κ2) is 9.57. The van der Waals surface area contributed by atoms with E-state index in [-0.39, 0.29) is 11.7 Å². The first-order valence-corrected chi connectivity index (χ1v) is 11.1. The number of ether oxygens (including phenoxy) is 4. The van der Waals surface area contributed by atoms with E-state index in [2.05, 4.69) is 0 Å². The van der Waals surface area contributed by atoms with Crippen LogP contribution in [0.3, 0.4) is 0 Å². The Morgan fingerprint density at radius 3 is 2.58 bits per heavy atom. The van der Waals surface area contributed by atoms with Gasteiger partial charge in [-0.05, 0) is 42.8 Å². The molecule has 2 aliphatic heterocycles. The first-order valence-electron chi connectivity index (χ1n) is 11.1. The van der Waals surface area contributed by atoms with Gasteiger partial charge in [0.05, 0.1) is 32.8 Å². The van der Waals surface area contributed by atoms with E-state index < -0.39 is 5.60 Å². The van der Waals surface area contributed by atoms with Crippen molar-refractivity contribution in [3.05, 3.63) is 53.6 Å². The lowest BCUT2D eigenvalue weighted by atomic mass is 9.82. The van der Waals surface area contributed by atoms with Crippen molar-refractivity contribution in [1.29, 1.82) is 0 Å². The van der Waals surface area contributed by atoms with Crippen LogP contribution in [0.4, 0.5) is 0 Å². The Labute approximate surface area is 193 Å². The number of hydrogen-bond acceptors (Lipinski definition) is 6. The number of rotatable bonds is 6. The number of piperidine rings is 1. The number of nitrogens with zero attached hydrogens (tertiary/aromatic N) is 1. The third-order valence-electron chi connectivity index (χ3n) is 6.19. The zero-order chi connectivity index (χ0) is 23.4. The fourth-order valence-corrected chi connectivity index (χ4v) is 4.35. The van der Waals surface area contributed by atoms with Crippen molar-refractivity contribution < 1.29 is 28.5 Å². The summed E-state index contributed by atoms with van der Waals surface area (Å²) < 4.78 is 22.5. The van der Waals surface area contributed by atoms with E-state index in [1.165, 1.54) is 0 Å². The maximum atomic E-state index is 12.8. The van der Waals surface area contributed by atoms with Crippen molar-refractivity contribution in [1.82, 2.24) is 4.90 Å². The van der Waals surface area contributed by atoms with Crippen LogP contribution in [0.15, 0.2) is 42.5 Å². The van der Waals surface area contributed by atoms with E-state index in [1.807, 2.05) is 25.1 Å². The standard InChI is InChI=1S/C26H29NO6/c1-4-32-22-9-5-18(15-24(22)31-3)6-10-25(29)27-13-11-26(12-14-27)17-21(28)20-8-7-19(30-2)16-23(20)33-26/h5-10,15-16H,4,11-14,17H2,1-3H3/b10-6+. The van der Waals surface area contributed by atoms with Gasteiger partial charge in [0.2, 0.25) is 5.91 Å². The van der Waals surface area contributed by atoms with Crippen LogP contribution >= 0.6 is 0 Å². The van der Waals surface area contributed by atoms with Crippen LogP contribution in [0, 0.1) is 0 Å². The molecule has 2 aromatic carbocycles. The Hall–Kier alpha value is -3.48. The van der Waals surface area contributed by atoms with Gasteiger partial charge in [0.25, 0.3) is 0 Å². The normalized spacial score (nSPS) is 16.9. The quantitative estimate of drug-likeness (QED) is 0.615. The van der Waals surface area contributed by atoms with Crippen LogP contribution < -0.4 is 18.9 Å². The van der Waals surface area contributed by atoms with Crippen molar-refractivity contribution in [2.24, 2.45) is 0 Å². The van der Waals surface area contributed by atoms with Gasteiger partial charge in [0.1, 0.15) is 17.1 Å². The fraction of sp³-hybridized carbons (Fsp3) is 0.385. The second-order valence-corrected chi connectivity index (χ2v) is 8.25. The van der Waals surface area contributed by atoms with E-state index in [1.54, 1.807) is 49.5 Å². The highest BCUT2D eigenvalue weighted by atomic mass is 16.5. The van der Waals surface area contributed by atoms with Crippen molar-refractivity contribution >= 4 is 17.8 Å². The van der Waals surface area contributed by atoms with Gasteiger partial charge < -0.3 is 23.8 Å². The summed E-state index contributed by atoms with van der Waals surface area (Å²) in [6.07, 6.45) is 4.88. The first-order chi connectivity index (χ1) is 16.0. The predicted octanol–water partition coefficient (Wildman–Crippen LogP) is 4.14. The van der Waals surface area contributed by atoms with Gasteiger partial charge in [0.15, 0.2) is 17.3 Å². The Kier molecular flexibility index (Phi) is 6.58. The third kappa shape index (κ3) is 4.82. The van der Waals surface area contributed by atoms with E-state index in [0.717, 1.165) is 5.56 Å². The van der Waals surface area contributed by atoms with Gasteiger partial charge in [-0.25, -0.2) is 0 Å². The minimum atomic E-state index is -0.570. The average molecular weight is 452 g/mol. The van der Waals surface area contributed by atoms with E-state index in [0.29, 0.717) is 67.5 Å². The topological polar surface area (TPSA) is 74.3 Å².